The Labute approximate surface area is 104 Å². The van der Waals surface area contributed by atoms with Gasteiger partial charge in [-0.05, 0) is 25.1 Å². The molecule has 2 aromatic heterocycles. The SMILES string of the molecule is CC(Nc1ccc([N+](=O)[O-])cn1)c1ccccn1. The molecule has 1 N–H and O–H groups in total. The second-order valence-corrected chi connectivity index (χ2v) is 3.78. The Morgan fingerprint density at radius 2 is 2.11 bits per heavy atom. The van der Waals surface area contributed by atoms with Gasteiger partial charge >= 0.3 is 0 Å². The summed E-state index contributed by atoms with van der Waals surface area (Å²) in [6.45, 7) is 1.95. The van der Waals surface area contributed by atoms with E-state index in [9.17, 15) is 10.1 Å². The first kappa shape index (κ1) is 12.0. The van der Waals surface area contributed by atoms with Crippen molar-refractivity contribution in [1.82, 2.24) is 9.97 Å². The molecule has 0 aromatic carbocycles. The van der Waals surface area contributed by atoms with Gasteiger partial charge in [-0.1, -0.05) is 6.07 Å². The first-order valence-corrected chi connectivity index (χ1v) is 5.45. The van der Waals surface area contributed by atoms with Crippen LogP contribution in [0.4, 0.5) is 11.5 Å². The van der Waals surface area contributed by atoms with Gasteiger partial charge in [0.25, 0.3) is 5.69 Å². The average Bonchev–Trinajstić information content (AvgIpc) is 2.40. The number of nitro groups is 1. The van der Waals surface area contributed by atoms with Crippen molar-refractivity contribution in [3.63, 3.8) is 0 Å². The quantitative estimate of drug-likeness (QED) is 0.660. The Balaban J connectivity index is 2.08. The van der Waals surface area contributed by atoms with Gasteiger partial charge in [-0.2, -0.15) is 0 Å². The van der Waals surface area contributed by atoms with E-state index in [2.05, 4.69) is 15.3 Å². The monoisotopic (exact) mass is 244 g/mol. The Kier molecular flexibility index (Phi) is 3.47. The van der Waals surface area contributed by atoms with Crippen molar-refractivity contribution in [2.45, 2.75) is 13.0 Å². The molecule has 6 heteroatoms. The van der Waals surface area contributed by atoms with Gasteiger partial charge in [0, 0.05) is 12.3 Å². The lowest BCUT2D eigenvalue weighted by molar-refractivity contribution is -0.385. The summed E-state index contributed by atoms with van der Waals surface area (Å²) in [6.07, 6.45) is 2.95. The molecule has 0 aliphatic carbocycles. The maximum atomic E-state index is 10.5. The molecule has 0 saturated carbocycles. The third kappa shape index (κ3) is 2.79. The predicted octanol–water partition coefficient (Wildman–Crippen LogP) is 2.56. The van der Waals surface area contributed by atoms with Gasteiger partial charge in [0.05, 0.1) is 16.7 Å². The van der Waals surface area contributed by atoms with E-state index in [1.807, 2.05) is 25.1 Å². The van der Waals surface area contributed by atoms with Crippen molar-refractivity contribution in [1.29, 1.82) is 0 Å². The van der Waals surface area contributed by atoms with Crippen LogP contribution < -0.4 is 5.32 Å². The van der Waals surface area contributed by atoms with Crippen LogP contribution in [0, 0.1) is 10.1 Å². The molecule has 0 bridgehead atoms. The van der Waals surface area contributed by atoms with Gasteiger partial charge in [-0.15, -0.1) is 0 Å². The Hall–Kier alpha value is -2.50. The van der Waals surface area contributed by atoms with E-state index < -0.39 is 4.92 Å². The predicted molar refractivity (Wildman–Crippen MR) is 67.2 cm³/mol. The van der Waals surface area contributed by atoms with Gasteiger partial charge in [0.15, 0.2) is 0 Å². The maximum absolute atomic E-state index is 10.5. The summed E-state index contributed by atoms with van der Waals surface area (Å²) in [5.41, 5.74) is 0.865. The first-order chi connectivity index (χ1) is 8.66. The van der Waals surface area contributed by atoms with E-state index in [1.165, 1.54) is 12.3 Å². The van der Waals surface area contributed by atoms with Crippen LogP contribution >= 0.6 is 0 Å². The van der Waals surface area contributed by atoms with E-state index >= 15 is 0 Å². The zero-order valence-electron chi connectivity index (χ0n) is 9.78. The van der Waals surface area contributed by atoms with Crippen LogP contribution in [0.15, 0.2) is 42.7 Å². The van der Waals surface area contributed by atoms with Crippen LogP contribution in [0.3, 0.4) is 0 Å². The van der Waals surface area contributed by atoms with E-state index in [0.29, 0.717) is 5.82 Å². The highest BCUT2D eigenvalue weighted by molar-refractivity contribution is 5.41. The standard InChI is InChI=1S/C12H12N4O2/c1-9(11-4-2-3-7-13-11)15-12-6-5-10(8-14-12)16(17)18/h2-9H,1H3,(H,14,15). The molecule has 0 amide bonds. The summed E-state index contributed by atoms with van der Waals surface area (Å²) in [6, 6.07) is 8.64. The van der Waals surface area contributed by atoms with Crippen molar-refractivity contribution in [3.05, 3.63) is 58.5 Å². The van der Waals surface area contributed by atoms with Gasteiger partial charge < -0.3 is 5.32 Å². The number of anilines is 1. The molecule has 1 unspecified atom stereocenters. The molecule has 0 aliphatic heterocycles. The summed E-state index contributed by atoms with van der Waals surface area (Å²) in [5.74, 6) is 0.582. The van der Waals surface area contributed by atoms with Crippen LogP contribution in [-0.4, -0.2) is 14.9 Å². The highest BCUT2D eigenvalue weighted by atomic mass is 16.6. The number of nitrogens with zero attached hydrogens (tertiary/aromatic N) is 3. The number of nitrogens with one attached hydrogen (secondary N) is 1. The average molecular weight is 244 g/mol. The lowest BCUT2D eigenvalue weighted by Gasteiger charge is -2.13. The summed E-state index contributed by atoms with van der Waals surface area (Å²) in [5, 5.41) is 13.6. The molecular formula is C12H12N4O2. The number of pyridine rings is 2. The second-order valence-electron chi connectivity index (χ2n) is 3.78. The van der Waals surface area contributed by atoms with Crippen molar-refractivity contribution in [2.75, 3.05) is 5.32 Å². The third-order valence-electron chi connectivity index (χ3n) is 2.45. The maximum Gasteiger partial charge on any atom is 0.287 e. The van der Waals surface area contributed by atoms with Crippen LogP contribution in [-0.2, 0) is 0 Å². The van der Waals surface area contributed by atoms with Crippen molar-refractivity contribution >= 4 is 11.5 Å². The molecule has 2 aromatic rings. The topological polar surface area (TPSA) is 81.0 Å². The molecule has 1 atom stereocenters. The Morgan fingerprint density at radius 3 is 2.67 bits per heavy atom. The van der Waals surface area contributed by atoms with E-state index in [-0.39, 0.29) is 11.7 Å². The molecule has 0 saturated heterocycles. The highest BCUT2D eigenvalue weighted by Crippen LogP contribution is 2.17. The Bertz CT molecular complexity index is 528. The van der Waals surface area contributed by atoms with Crippen molar-refractivity contribution in [3.8, 4) is 0 Å². The van der Waals surface area contributed by atoms with Crippen LogP contribution in [0.2, 0.25) is 0 Å². The van der Waals surface area contributed by atoms with Crippen LogP contribution in [0.1, 0.15) is 18.7 Å². The minimum atomic E-state index is -0.473. The molecule has 2 rings (SSSR count). The third-order valence-corrected chi connectivity index (χ3v) is 2.45. The molecule has 2 heterocycles. The largest absolute Gasteiger partial charge is 0.362 e. The minimum Gasteiger partial charge on any atom is -0.362 e. The smallest absolute Gasteiger partial charge is 0.287 e. The summed E-state index contributed by atoms with van der Waals surface area (Å²) >= 11 is 0. The lowest BCUT2D eigenvalue weighted by atomic mass is 10.2. The molecule has 0 radical (unpaired) electrons. The number of hydrogen-bond donors (Lipinski definition) is 1. The normalized spacial score (nSPS) is 11.8. The van der Waals surface area contributed by atoms with Crippen molar-refractivity contribution in [2.24, 2.45) is 0 Å². The fraction of sp³-hybridized carbons (Fsp3) is 0.167. The second kappa shape index (κ2) is 5.22. The van der Waals surface area contributed by atoms with E-state index in [1.54, 1.807) is 12.3 Å². The minimum absolute atomic E-state index is 0.0137. The molecule has 0 spiro atoms. The van der Waals surface area contributed by atoms with Crippen molar-refractivity contribution < 1.29 is 4.92 Å². The number of hydrogen-bond acceptors (Lipinski definition) is 5. The summed E-state index contributed by atoms with van der Waals surface area (Å²) in [4.78, 5) is 18.2. The fourth-order valence-corrected chi connectivity index (χ4v) is 1.51. The van der Waals surface area contributed by atoms with Gasteiger partial charge in [0.1, 0.15) is 12.0 Å². The van der Waals surface area contributed by atoms with Gasteiger partial charge in [-0.25, -0.2) is 4.98 Å². The fourth-order valence-electron chi connectivity index (χ4n) is 1.51. The Morgan fingerprint density at radius 1 is 1.28 bits per heavy atom. The molecule has 0 aliphatic rings. The van der Waals surface area contributed by atoms with Crippen LogP contribution in [0.5, 0.6) is 0 Å². The highest BCUT2D eigenvalue weighted by Gasteiger charge is 2.09. The first-order valence-electron chi connectivity index (χ1n) is 5.45. The lowest BCUT2D eigenvalue weighted by Crippen LogP contribution is -2.09. The molecule has 92 valence electrons. The summed E-state index contributed by atoms with van der Waals surface area (Å²) < 4.78 is 0. The van der Waals surface area contributed by atoms with Gasteiger partial charge in [0.2, 0.25) is 0 Å². The summed E-state index contributed by atoms with van der Waals surface area (Å²) in [7, 11) is 0. The molecule has 0 fully saturated rings. The number of rotatable bonds is 4. The molecule has 18 heavy (non-hydrogen) atoms. The van der Waals surface area contributed by atoms with E-state index in [4.69, 9.17) is 0 Å². The zero-order valence-corrected chi connectivity index (χ0v) is 9.78. The van der Waals surface area contributed by atoms with E-state index in [0.717, 1.165) is 5.69 Å². The van der Waals surface area contributed by atoms with Gasteiger partial charge in [-0.3, -0.25) is 15.1 Å². The molecule has 6 nitrogen and oxygen atoms in total. The molecular weight excluding hydrogens is 232 g/mol. The zero-order chi connectivity index (χ0) is 13.0. The number of aromatic nitrogens is 2. The van der Waals surface area contributed by atoms with Crippen LogP contribution in [0.25, 0.3) is 0 Å².